The zero-order valence-corrected chi connectivity index (χ0v) is 10.3. The molecule has 0 unspecified atom stereocenters. The molecule has 1 aromatic carbocycles. The van der Waals surface area contributed by atoms with Crippen molar-refractivity contribution >= 4 is 0 Å². The normalized spacial score (nSPS) is 12.5. The third-order valence-electron chi connectivity index (χ3n) is 2.49. The Morgan fingerprint density at radius 1 is 1.25 bits per heavy atom. The minimum atomic E-state index is -2.78. The third kappa shape index (κ3) is 3.27. The topological polar surface area (TPSA) is 3.24 Å². The Balaban J connectivity index is 2.98. The molecular formula is C13H19F2N. The van der Waals surface area contributed by atoms with Crippen LogP contribution in [-0.4, -0.2) is 25.5 Å². The monoisotopic (exact) mass is 227 g/mol. The van der Waals surface area contributed by atoms with Crippen LogP contribution in [0.1, 0.15) is 30.9 Å². The fourth-order valence-electron chi connectivity index (χ4n) is 1.61. The minimum absolute atomic E-state index is 0.104. The molecule has 0 aliphatic rings. The van der Waals surface area contributed by atoms with Gasteiger partial charge in [0, 0.05) is 5.56 Å². The van der Waals surface area contributed by atoms with Crippen LogP contribution in [0.4, 0.5) is 8.78 Å². The van der Waals surface area contributed by atoms with Gasteiger partial charge in [-0.15, -0.1) is 0 Å². The summed E-state index contributed by atoms with van der Waals surface area (Å²) in [6.45, 7) is 3.75. The van der Waals surface area contributed by atoms with Crippen LogP contribution in [0.3, 0.4) is 0 Å². The Hall–Kier alpha value is -0.960. The van der Waals surface area contributed by atoms with Crippen molar-refractivity contribution in [1.29, 1.82) is 0 Å². The second-order valence-corrected chi connectivity index (χ2v) is 4.72. The first-order chi connectivity index (χ1) is 7.33. The zero-order chi connectivity index (χ0) is 12.3. The summed E-state index contributed by atoms with van der Waals surface area (Å²) in [7, 11) is 3.31. The van der Waals surface area contributed by atoms with Gasteiger partial charge in [0.15, 0.2) is 0 Å². The maximum absolute atomic E-state index is 13.8. The van der Waals surface area contributed by atoms with Gasteiger partial charge in [0.05, 0.1) is 6.54 Å². The lowest BCUT2D eigenvalue weighted by Gasteiger charge is -2.21. The van der Waals surface area contributed by atoms with Crippen molar-refractivity contribution in [3.05, 3.63) is 35.4 Å². The lowest BCUT2D eigenvalue weighted by Crippen LogP contribution is -2.29. The number of halogens is 2. The van der Waals surface area contributed by atoms with Gasteiger partial charge in [0.2, 0.25) is 0 Å². The molecule has 0 aromatic heterocycles. The fourth-order valence-corrected chi connectivity index (χ4v) is 1.61. The lowest BCUT2D eigenvalue weighted by atomic mass is 9.98. The van der Waals surface area contributed by atoms with Gasteiger partial charge in [0.25, 0.3) is 5.92 Å². The summed E-state index contributed by atoms with van der Waals surface area (Å²) in [5.41, 5.74) is 1.06. The van der Waals surface area contributed by atoms with E-state index in [4.69, 9.17) is 0 Å². The highest BCUT2D eigenvalue weighted by molar-refractivity contribution is 5.29. The molecule has 0 saturated heterocycles. The van der Waals surface area contributed by atoms with Crippen molar-refractivity contribution in [3.8, 4) is 0 Å². The Morgan fingerprint density at radius 2 is 1.88 bits per heavy atom. The van der Waals surface area contributed by atoms with Gasteiger partial charge < -0.3 is 4.90 Å². The third-order valence-corrected chi connectivity index (χ3v) is 2.49. The first kappa shape index (κ1) is 13.1. The highest BCUT2D eigenvalue weighted by Crippen LogP contribution is 2.30. The van der Waals surface area contributed by atoms with Gasteiger partial charge >= 0.3 is 0 Å². The van der Waals surface area contributed by atoms with Crippen molar-refractivity contribution in [3.63, 3.8) is 0 Å². The van der Waals surface area contributed by atoms with Crippen LogP contribution in [0.2, 0.25) is 0 Å². The second kappa shape index (κ2) is 4.91. The van der Waals surface area contributed by atoms with Crippen LogP contribution in [0, 0.1) is 0 Å². The van der Waals surface area contributed by atoms with E-state index < -0.39 is 5.92 Å². The maximum Gasteiger partial charge on any atom is 0.285 e. The highest BCUT2D eigenvalue weighted by Gasteiger charge is 2.32. The number of hydrogen-bond acceptors (Lipinski definition) is 1. The molecular weight excluding hydrogens is 208 g/mol. The van der Waals surface area contributed by atoms with E-state index in [1.54, 1.807) is 26.2 Å². The van der Waals surface area contributed by atoms with Gasteiger partial charge in [-0.2, -0.15) is 8.78 Å². The summed E-state index contributed by atoms with van der Waals surface area (Å²) in [5.74, 6) is -2.51. The summed E-state index contributed by atoms with van der Waals surface area (Å²) in [6, 6.07) is 6.69. The van der Waals surface area contributed by atoms with Crippen LogP contribution >= 0.6 is 0 Å². The van der Waals surface area contributed by atoms with E-state index in [1.807, 2.05) is 19.9 Å². The number of alkyl halides is 2. The second-order valence-electron chi connectivity index (χ2n) is 4.72. The standard InChI is InChI=1S/C13H19F2N/c1-10(2)11-6-5-7-12(8-11)13(14,15)9-16(3)4/h5-8,10H,9H2,1-4H3. The van der Waals surface area contributed by atoms with E-state index in [-0.39, 0.29) is 18.0 Å². The van der Waals surface area contributed by atoms with Crippen molar-refractivity contribution in [2.24, 2.45) is 0 Å². The van der Waals surface area contributed by atoms with Crippen LogP contribution < -0.4 is 0 Å². The first-order valence-corrected chi connectivity index (χ1v) is 5.46. The number of rotatable bonds is 4. The summed E-state index contributed by atoms with van der Waals surface area (Å²) >= 11 is 0. The molecule has 3 heteroatoms. The van der Waals surface area contributed by atoms with Gasteiger partial charge in [-0.1, -0.05) is 32.0 Å². The molecule has 16 heavy (non-hydrogen) atoms. The summed E-state index contributed by atoms with van der Waals surface area (Å²) in [6.07, 6.45) is 0. The van der Waals surface area contributed by atoms with Crippen molar-refractivity contribution in [1.82, 2.24) is 4.90 Å². The molecule has 1 aromatic rings. The Bertz CT molecular complexity index is 346. The summed E-state index contributed by atoms with van der Waals surface area (Å²) in [4.78, 5) is 1.50. The van der Waals surface area contributed by atoms with Crippen LogP contribution in [0.5, 0.6) is 0 Å². The average molecular weight is 227 g/mol. The molecule has 0 saturated carbocycles. The maximum atomic E-state index is 13.8. The van der Waals surface area contributed by atoms with E-state index in [9.17, 15) is 8.78 Å². The van der Waals surface area contributed by atoms with Gasteiger partial charge in [0.1, 0.15) is 0 Å². The summed E-state index contributed by atoms with van der Waals surface area (Å²) in [5, 5.41) is 0. The van der Waals surface area contributed by atoms with E-state index >= 15 is 0 Å². The molecule has 0 aliphatic heterocycles. The minimum Gasteiger partial charge on any atom is -0.303 e. The van der Waals surface area contributed by atoms with Gasteiger partial charge in [-0.25, -0.2) is 0 Å². The number of hydrogen-bond donors (Lipinski definition) is 0. The largest absolute Gasteiger partial charge is 0.303 e. The number of benzene rings is 1. The molecule has 0 fully saturated rings. The predicted octanol–water partition coefficient (Wildman–Crippen LogP) is 3.46. The molecule has 0 aliphatic carbocycles. The smallest absolute Gasteiger partial charge is 0.285 e. The number of likely N-dealkylation sites (N-methyl/N-ethyl adjacent to an activating group) is 1. The summed E-state index contributed by atoms with van der Waals surface area (Å²) < 4.78 is 27.6. The van der Waals surface area contributed by atoms with Crippen LogP contribution in [0.25, 0.3) is 0 Å². The molecule has 1 rings (SSSR count). The Morgan fingerprint density at radius 3 is 2.38 bits per heavy atom. The molecule has 1 nitrogen and oxygen atoms in total. The zero-order valence-electron chi connectivity index (χ0n) is 10.3. The van der Waals surface area contributed by atoms with E-state index in [1.165, 1.54) is 11.0 Å². The lowest BCUT2D eigenvalue weighted by molar-refractivity contribution is -0.0270. The molecule has 90 valence electrons. The predicted molar refractivity (Wildman–Crippen MR) is 63.0 cm³/mol. The van der Waals surface area contributed by atoms with Crippen LogP contribution in [0.15, 0.2) is 24.3 Å². The van der Waals surface area contributed by atoms with E-state index in [2.05, 4.69) is 0 Å². The SMILES string of the molecule is CC(C)c1cccc(C(F)(F)CN(C)C)c1. The number of nitrogens with zero attached hydrogens (tertiary/aromatic N) is 1. The Kier molecular flexibility index (Phi) is 4.03. The molecule has 0 atom stereocenters. The highest BCUT2D eigenvalue weighted by atomic mass is 19.3. The van der Waals surface area contributed by atoms with Crippen LogP contribution in [-0.2, 0) is 5.92 Å². The fraction of sp³-hybridized carbons (Fsp3) is 0.538. The Labute approximate surface area is 96.1 Å². The van der Waals surface area contributed by atoms with Crippen molar-refractivity contribution < 1.29 is 8.78 Å². The van der Waals surface area contributed by atoms with Crippen molar-refractivity contribution in [2.75, 3.05) is 20.6 Å². The quantitative estimate of drug-likeness (QED) is 0.761. The average Bonchev–Trinajstić information content (AvgIpc) is 2.16. The molecule has 0 radical (unpaired) electrons. The van der Waals surface area contributed by atoms with E-state index in [0.717, 1.165) is 5.56 Å². The van der Waals surface area contributed by atoms with Gasteiger partial charge in [-0.05, 0) is 31.6 Å². The molecule has 0 N–H and O–H groups in total. The molecule has 0 heterocycles. The molecule has 0 bridgehead atoms. The molecule has 0 amide bonds. The van der Waals surface area contributed by atoms with Gasteiger partial charge in [-0.3, -0.25) is 0 Å². The first-order valence-electron chi connectivity index (χ1n) is 5.46. The molecule has 0 spiro atoms. The van der Waals surface area contributed by atoms with E-state index in [0.29, 0.717) is 0 Å². The van der Waals surface area contributed by atoms with Crippen molar-refractivity contribution in [2.45, 2.75) is 25.7 Å².